The van der Waals surface area contributed by atoms with Crippen molar-refractivity contribution in [3.8, 4) is 11.5 Å². The second-order valence-electron chi connectivity index (χ2n) is 10.7. The summed E-state index contributed by atoms with van der Waals surface area (Å²) in [6.07, 6.45) is -0.278. The number of hydrogen-bond acceptors (Lipinski definition) is 8. The van der Waals surface area contributed by atoms with Crippen LogP contribution in [0, 0.1) is 18.8 Å². The van der Waals surface area contributed by atoms with Gasteiger partial charge in [0.15, 0.2) is 0 Å². The van der Waals surface area contributed by atoms with Crippen LogP contribution in [0.5, 0.6) is 11.5 Å². The van der Waals surface area contributed by atoms with Gasteiger partial charge in [-0.1, -0.05) is 39.0 Å². The fourth-order valence-electron chi connectivity index (χ4n) is 6.29. The van der Waals surface area contributed by atoms with Gasteiger partial charge in [-0.05, 0) is 47.7 Å². The van der Waals surface area contributed by atoms with Crippen molar-refractivity contribution in [1.29, 1.82) is 0 Å². The van der Waals surface area contributed by atoms with Crippen molar-refractivity contribution in [2.24, 2.45) is 11.8 Å². The Morgan fingerprint density at radius 2 is 1.97 bits per heavy atom. The Balaban J connectivity index is 1.41. The second-order valence-corrected chi connectivity index (χ2v) is 10.7. The third-order valence-electron chi connectivity index (χ3n) is 8.36. The number of aliphatic hydroxyl groups is 1. The van der Waals surface area contributed by atoms with E-state index in [2.05, 4.69) is 6.58 Å². The summed E-state index contributed by atoms with van der Waals surface area (Å²) in [4.78, 5) is 29.5. The van der Waals surface area contributed by atoms with Gasteiger partial charge in [0.05, 0.1) is 17.2 Å². The largest absolute Gasteiger partial charge is 0.508 e. The van der Waals surface area contributed by atoms with E-state index in [1.165, 1.54) is 0 Å². The predicted octanol–water partition coefficient (Wildman–Crippen LogP) is 5.13. The standard InChI is InChI=1S/C30H27NO7/c1-5-13(3)24-30(35)38-29-16-9-12(2)10-18(32)22(16)21-14(4)15-7-6-8-19(23(15)27(34)25(21)31(24)29)36-20-11-17-26(33)28(17)37-20/h6-10,13,17,20,24,29,32-33H,4-5,11H2,1-3H3. The molecule has 2 aromatic rings. The summed E-state index contributed by atoms with van der Waals surface area (Å²) in [5, 5.41) is 20.8. The number of carbonyl (C=O) groups is 2. The van der Waals surface area contributed by atoms with Crippen molar-refractivity contribution < 1.29 is 34.0 Å². The number of aromatic hydroxyl groups is 1. The van der Waals surface area contributed by atoms with Crippen molar-refractivity contribution in [3.63, 3.8) is 0 Å². The highest BCUT2D eigenvalue weighted by molar-refractivity contribution is 6.28. The molecule has 5 aliphatic rings. The molecule has 0 aromatic heterocycles. The number of carbonyl (C=O) groups excluding carboxylic acids is 2. The zero-order valence-electron chi connectivity index (χ0n) is 21.3. The molecule has 194 valence electrons. The summed E-state index contributed by atoms with van der Waals surface area (Å²) in [7, 11) is 0. The smallest absolute Gasteiger partial charge is 0.331 e. The predicted molar refractivity (Wildman–Crippen MR) is 137 cm³/mol. The van der Waals surface area contributed by atoms with Gasteiger partial charge in [0.1, 0.15) is 29.1 Å². The van der Waals surface area contributed by atoms with Crippen molar-refractivity contribution in [2.45, 2.75) is 52.2 Å². The zero-order chi connectivity index (χ0) is 26.6. The highest BCUT2D eigenvalue weighted by Crippen LogP contribution is 2.56. The Hall–Kier alpha value is -4.20. The fraction of sp³-hybridized carbons (Fsp3) is 0.333. The van der Waals surface area contributed by atoms with Gasteiger partial charge < -0.3 is 29.3 Å². The van der Waals surface area contributed by atoms with Gasteiger partial charge in [0.25, 0.3) is 0 Å². The maximum absolute atomic E-state index is 14.5. The van der Waals surface area contributed by atoms with E-state index >= 15 is 0 Å². The lowest BCUT2D eigenvalue weighted by Gasteiger charge is -2.41. The molecule has 5 unspecified atom stereocenters. The van der Waals surface area contributed by atoms with E-state index in [0.717, 1.165) is 5.56 Å². The number of ether oxygens (including phenoxy) is 3. The lowest BCUT2D eigenvalue weighted by molar-refractivity contribution is -0.143. The van der Waals surface area contributed by atoms with Gasteiger partial charge in [-0.15, -0.1) is 0 Å². The first kappa shape index (κ1) is 23.0. The van der Waals surface area contributed by atoms with Gasteiger partial charge in [0.2, 0.25) is 18.3 Å². The molecule has 38 heavy (non-hydrogen) atoms. The summed E-state index contributed by atoms with van der Waals surface area (Å²) in [5.41, 5.74) is 4.16. The van der Waals surface area contributed by atoms with Crippen LogP contribution in [0.3, 0.4) is 0 Å². The van der Waals surface area contributed by atoms with E-state index in [9.17, 15) is 19.8 Å². The molecule has 5 atom stereocenters. The van der Waals surface area contributed by atoms with Crippen LogP contribution in [-0.4, -0.2) is 39.2 Å². The maximum Gasteiger partial charge on any atom is 0.331 e. The Labute approximate surface area is 219 Å². The number of rotatable bonds is 4. The van der Waals surface area contributed by atoms with Gasteiger partial charge in [-0.2, -0.15) is 0 Å². The van der Waals surface area contributed by atoms with Gasteiger partial charge >= 0.3 is 5.97 Å². The maximum atomic E-state index is 14.5. The SMILES string of the molecule is C=C1C2=C(C(=O)c3c(OC4CC5C(O)=C5O4)cccc31)N1C(OC(=O)C1C(C)CC)c1cc(C)cc(O)c12. The molecule has 2 saturated heterocycles. The summed E-state index contributed by atoms with van der Waals surface area (Å²) < 4.78 is 17.7. The number of phenolic OH excluding ortho intramolecular Hbond substituents is 1. The summed E-state index contributed by atoms with van der Waals surface area (Å²) in [6, 6.07) is 8.17. The Kier molecular flexibility index (Phi) is 4.63. The molecule has 3 heterocycles. The molecule has 0 amide bonds. The molecule has 2 aliphatic carbocycles. The number of aliphatic hydroxyl groups excluding tert-OH is 1. The van der Waals surface area contributed by atoms with Crippen molar-refractivity contribution >= 4 is 22.9 Å². The number of Topliss-reactive ketones (excluding diaryl/α,β-unsaturated/α-hetero) is 1. The molecule has 7 rings (SSSR count). The third-order valence-corrected chi connectivity index (χ3v) is 8.36. The van der Waals surface area contributed by atoms with E-state index in [0.29, 0.717) is 57.8 Å². The summed E-state index contributed by atoms with van der Waals surface area (Å²) >= 11 is 0. The third kappa shape index (κ3) is 2.91. The Bertz CT molecular complexity index is 1550. The first-order valence-electron chi connectivity index (χ1n) is 12.9. The first-order chi connectivity index (χ1) is 18.2. The van der Waals surface area contributed by atoms with E-state index in [1.807, 2.05) is 32.9 Å². The number of esters is 1. The van der Waals surface area contributed by atoms with E-state index in [1.54, 1.807) is 23.1 Å². The molecule has 2 fully saturated rings. The minimum atomic E-state index is -0.840. The number of phenols is 1. The van der Waals surface area contributed by atoms with Gasteiger partial charge in [-0.3, -0.25) is 4.79 Å². The Morgan fingerprint density at radius 3 is 2.68 bits per heavy atom. The number of fused-ring (bicyclic) bond motifs is 7. The normalized spacial score (nSPS) is 27.2. The van der Waals surface area contributed by atoms with Gasteiger partial charge in [0, 0.05) is 23.1 Å². The topological polar surface area (TPSA) is 106 Å². The van der Waals surface area contributed by atoms with Crippen LogP contribution in [-0.2, 0) is 14.3 Å². The molecule has 0 saturated carbocycles. The van der Waals surface area contributed by atoms with Gasteiger partial charge in [-0.25, -0.2) is 4.79 Å². The van der Waals surface area contributed by atoms with Crippen LogP contribution in [0.4, 0.5) is 0 Å². The number of benzene rings is 2. The summed E-state index contributed by atoms with van der Waals surface area (Å²) in [6.45, 7) is 10.2. The quantitative estimate of drug-likeness (QED) is 0.542. The van der Waals surface area contributed by atoms with Crippen LogP contribution in [0.25, 0.3) is 11.1 Å². The zero-order valence-corrected chi connectivity index (χ0v) is 21.3. The lowest BCUT2D eigenvalue weighted by Crippen LogP contribution is -2.44. The van der Waals surface area contributed by atoms with Crippen LogP contribution in [0.1, 0.15) is 65.5 Å². The van der Waals surface area contributed by atoms with Crippen molar-refractivity contribution in [3.05, 3.63) is 81.9 Å². The molecule has 8 heteroatoms. The van der Waals surface area contributed by atoms with Crippen LogP contribution < -0.4 is 4.74 Å². The Morgan fingerprint density at radius 1 is 1.18 bits per heavy atom. The van der Waals surface area contributed by atoms with E-state index < -0.39 is 24.5 Å². The number of aryl methyl sites for hydroxylation is 1. The monoisotopic (exact) mass is 513 g/mol. The number of ketones is 1. The second kappa shape index (κ2) is 7.66. The molecule has 8 nitrogen and oxygen atoms in total. The molecule has 0 radical (unpaired) electrons. The van der Waals surface area contributed by atoms with E-state index in [-0.39, 0.29) is 34.8 Å². The average molecular weight is 514 g/mol. The average Bonchev–Trinajstić information content (AvgIpc) is 3.20. The molecule has 3 aliphatic heterocycles. The van der Waals surface area contributed by atoms with Crippen LogP contribution in [0.15, 0.2) is 54.1 Å². The minimum absolute atomic E-state index is 0.00616. The first-order valence-corrected chi connectivity index (χ1v) is 12.9. The number of allylic oxidation sites excluding steroid dienone is 5. The molecular formula is C30H27NO7. The van der Waals surface area contributed by atoms with E-state index in [4.69, 9.17) is 14.2 Å². The highest BCUT2D eigenvalue weighted by atomic mass is 16.7. The highest BCUT2D eigenvalue weighted by Gasteiger charge is 2.54. The fourth-order valence-corrected chi connectivity index (χ4v) is 6.29. The van der Waals surface area contributed by atoms with Crippen LogP contribution >= 0.6 is 0 Å². The van der Waals surface area contributed by atoms with Crippen molar-refractivity contribution in [2.75, 3.05) is 0 Å². The molecule has 0 bridgehead atoms. The number of nitrogens with zero attached hydrogens (tertiary/aromatic N) is 1. The molecule has 2 aromatic carbocycles. The lowest BCUT2D eigenvalue weighted by atomic mass is 9.76. The molecule has 0 spiro atoms. The number of hydrogen-bond donors (Lipinski definition) is 2. The van der Waals surface area contributed by atoms with Crippen molar-refractivity contribution in [1.82, 2.24) is 4.90 Å². The minimum Gasteiger partial charge on any atom is -0.508 e. The molecule has 2 N–H and O–H groups in total. The van der Waals surface area contributed by atoms with Crippen LogP contribution in [0.2, 0.25) is 0 Å². The summed E-state index contributed by atoms with van der Waals surface area (Å²) in [5.74, 6) is 0.231. The molecular weight excluding hydrogens is 486 g/mol.